The first-order valence-electron chi connectivity index (χ1n) is 7.83. The summed E-state index contributed by atoms with van der Waals surface area (Å²) in [6, 6.07) is 19.8. The highest BCUT2D eigenvalue weighted by Gasteiger charge is 2.18. The van der Waals surface area contributed by atoms with Crippen LogP contribution in [0.25, 0.3) is 10.8 Å². The van der Waals surface area contributed by atoms with Gasteiger partial charge < -0.3 is 14.4 Å². The van der Waals surface area contributed by atoms with Crippen LogP contribution in [0, 0.1) is 0 Å². The van der Waals surface area contributed by atoms with Gasteiger partial charge >= 0.3 is 0 Å². The molecule has 0 saturated heterocycles. The van der Waals surface area contributed by atoms with E-state index in [-0.39, 0.29) is 12.7 Å². The molecule has 24 heavy (non-hydrogen) atoms. The van der Waals surface area contributed by atoms with E-state index in [1.54, 1.807) is 23.1 Å². The predicted molar refractivity (Wildman–Crippen MR) is 92.3 cm³/mol. The van der Waals surface area contributed by atoms with Gasteiger partial charge in [0.1, 0.15) is 0 Å². The molecule has 120 valence electrons. The van der Waals surface area contributed by atoms with Crippen LogP contribution in [-0.2, 0) is 6.54 Å². The summed E-state index contributed by atoms with van der Waals surface area (Å²) >= 11 is 0. The maximum absolute atomic E-state index is 12.6. The average molecular weight is 319 g/mol. The van der Waals surface area contributed by atoms with E-state index in [0.29, 0.717) is 23.6 Å². The number of fused-ring (bicyclic) bond motifs is 2. The first-order chi connectivity index (χ1) is 11.7. The third-order valence-corrected chi connectivity index (χ3v) is 4.20. The third kappa shape index (κ3) is 2.67. The zero-order valence-electron chi connectivity index (χ0n) is 13.4. The lowest BCUT2D eigenvalue weighted by atomic mass is 10.1. The van der Waals surface area contributed by atoms with Gasteiger partial charge in [-0.15, -0.1) is 0 Å². The molecule has 3 aromatic carbocycles. The molecule has 0 aromatic heterocycles. The Morgan fingerprint density at radius 1 is 0.958 bits per heavy atom. The Balaban J connectivity index is 1.54. The molecular weight excluding hydrogens is 302 g/mol. The predicted octanol–water partition coefficient (Wildman–Crippen LogP) is 3.84. The summed E-state index contributed by atoms with van der Waals surface area (Å²) in [4.78, 5) is 14.4. The first-order valence-corrected chi connectivity index (χ1v) is 7.83. The van der Waals surface area contributed by atoms with Gasteiger partial charge in [-0.2, -0.15) is 0 Å². The molecule has 1 aliphatic heterocycles. The number of benzene rings is 3. The summed E-state index contributed by atoms with van der Waals surface area (Å²) in [5.74, 6) is 1.27. The Morgan fingerprint density at radius 3 is 2.62 bits per heavy atom. The standard InChI is InChI=1S/C20H17NO3/c1-21(12-14-6-7-15-4-2-3-5-16(15)10-14)20(22)17-8-9-18-19(11-17)24-13-23-18/h2-11H,12-13H2,1H3. The maximum Gasteiger partial charge on any atom is 0.254 e. The molecule has 1 amide bonds. The molecule has 0 atom stereocenters. The molecule has 1 heterocycles. The van der Waals surface area contributed by atoms with Crippen LogP contribution in [0.15, 0.2) is 60.7 Å². The number of ether oxygens (including phenoxy) is 2. The SMILES string of the molecule is CN(Cc1ccc2ccccc2c1)C(=O)c1ccc2c(c1)OCO2. The molecule has 3 aromatic rings. The quantitative estimate of drug-likeness (QED) is 0.736. The van der Waals surface area contributed by atoms with Gasteiger partial charge in [0, 0.05) is 19.2 Å². The van der Waals surface area contributed by atoms with Crippen LogP contribution in [-0.4, -0.2) is 24.6 Å². The van der Waals surface area contributed by atoms with E-state index in [0.717, 1.165) is 5.56 Å². The van der Waals surface area contributed by atoms with Crippen molar-refractivity contribution in [3.63, 3.8) is 0 Å². The minimum Gasteiger partial charge on any atom is -0.454 e. The second-order valence-corrected chi connectivity index (χ2v) is 5.91. The van der Waals surface area contributed by atoms with Gasteiger partial charge in [-0.25, -0.2) is 0 Å². The van der Waals surface area contributed by atoms with Crippen molar-refractivity contribution in [3.8, 4) is 11.5 Å². The summed E-state index contributed by atoms with van der Waals surface area (Å²) in [5, 5.41) is 2.38. The number of carbonyl (C=O) groups is 1. The fourth-order valence-corrected chi connectivity index (χ4v) is 2.93. The number of hydrogen-bond donors (Lipinski definition) is 0. The van der Waals surface area contributed by atoms with Crippen molar-refractivity contribution in [1.29, 1.82) is 0 Å². The molecular formula is C20H17NO3. The fourth-order valence-electron chi connectivity index (χ4n) is 2.93. The molecule has 0 saturated carbocycles. The zero-order chi connectivity index (χ0) is 16.5. The van der Waals surface area contributed by atoms with Crippen molar-refractivity contribution >= 4 is 16.7 Å². The van der Waals surface area contributed by atoms with Gasteiger partial charge in [0.2, 0.25) is 6.79 Å². The van der Waals surface area contributed by atoms with Gasteiger partial charge in [0.25, 0.3) is 5.91 Å². The number of nitrogens with zero attached hydrogens (tertiary/aromatic N) is 1. The van der Waals surface area contributed by atoms with Crippen molar-refractivity contribution in [2.24, 2.45) is 0 Å². The fraction of sp³-hybridized carbons (Fsp3) is 0.150. The topological polar surface area (TPSA) is 38.8 Å². The van der Waals surface area contributed by atoms with Crippen LogP contribution in [0.5, 0.6) is 11.5 Å². The number of amides is 1. The monoisotopic (exact) mass is 319 g/mol. The van der Waals surface area contributed by atoms with Gasteiger partial charge in [0.15, 0.2) is 11.5 Å². The van der Waals surface area contributed by atoms with Crippen molar-refractivity contribution < 1.29 is 14.3 Å². The largest absolute Gasteiger partial charge is 0.454 e. The Bertz CT molecular complexity index is 920. The Hall–Kier alpha value is -3.01. The first kappa shape index (κ1) is 14.6. The number of carbonyl (C=O) groups excluding carboxylic acids is 1. The summed E-state index contributed by atoms with van der Waals surface area (Å²) in [6.07, 6.45) is 0. The second kappa shape index (κ2) is 5.89. The van der Waals surface area contributed by atoms with E-state index in [2.05, 4.69) is 30.3 Å². The van der Waals surface area contributed by atoms with Crippen LogP contribution in [0.3, 0.4) is 0 Å². The molecule has 4 heteroatoms. The van der Waals surface area contributed by atoms with E-state index in [4.69, 9.17) is 9.47 Å². The number of hydrogen-bond acceptors (Lipinski definition) is 3. The molecule has 0 N–H and O–H groups in total. The summed E-state index contributed by atoms with van der Waals surface area (Å²) < 4.78 is 10.6. The molecule has 0 radical (unpaired) electrons. The van der Waals surface area contributed by atoms with E-state index in [1.165, 1.54) is 10.8 Å². The van der Waals surface area contributed by atoms with Crippen LogP contribution < -0.4 is 9.47 Å². The lowest BCUT2D eigenvalue weighted by molar-refractivity contribution is 0.0784. The molecule has 0 bridgehead atoms. The van der Waals surface area contributed by atoms with Crippen molar-refractivity contribution in [2.45, 2.75) is 6.54 Å². The molecule has 0 fully saturated rings. The molecule has 4 nitrogen and oxygen atoms in total. The summed E-state index contributed by atoms with van der Waals surface area (Å²) in [6.45, 7) is 0.762. The van der Waals surface area contributed by atoms with Gasteiger partial charge in [0.05, 0.1) is 0 Å². The van der Waals surface area contributed by atoms with Gasteiger partial charge in [-0.05, 0) is 40.6 Å². The van der Waals surface area contributed by atoms with Gasteiger partial charge in [-0.1, -0.05) is 36.4 Å². The highest BCUT2D eigenvalue weighted by Crippen LogP contribution is 2.32. The molecule has 0 aliphatic carbocycles. The number of rotatable bonds is 3. The minimum absolute atomic E-state index is 0.0403. The third-order valence-electron chi connectivity index (χ3n) is 4.20. The zero-order valence-corrected chi connectivity index (χ0v) is 13.4. The lowest BCUT2D eigenvalue weighted by Crippen LogP contribution is -2.26. The smallest absolute Gasteiger partial charge is 0.254 e. The van der Waals surface area contributed by atoms with E-state index in [1.807, 2.05) is 19.2 Å². The Morgan fingerprint density at radius 2 is 1.75 bits per heavy atom. The highest BCUT2D eigenvalue weighted by atomic mass is 16.7. The van der Waals surface area contributed by atoms with Crippen LogP contribution in [0.2, 0.25) is 0 Å². The Labute approximate surface area is 140 Å². The van der Waals surface area contributed by atoms with Crippen LogP contribution in [0.4, 0.5) is 0 Å². The van der Waals surface area contributed by atoms with E-state index in [9.17, 15) is 4.79 Å². The second-order valence-electron chi connectivity index (χ2n) is 5.91. The van der Waals surface area contributed by atoms with E-state index < -0.39 is 0 Å². The molecule has 0 unspecified atom stereocenters. The highest BCUT2D eigenvalue weighted by molar-refractivity contribution is 5.95. The van der Waals surface area contributed by atoms with Crippen molar-refractivity contribution in [3.05, 3.63) is 71.8 Å². The summed E-state index contributed by atoms with van der Waals surface area (Å²) in [5.41, 5.74) is 1.70. The maximum atomic E-state index is 12.6. The van der Waals surface area contributed by atoms with Gasteiger partial charge in [-0.3, -0.25) is 4.79 Å². The Kier molecular flexibility index (Phi) is 3.58. The van der Waals surface area contributed by atoms with Crippen molar-refractivity contribution in [1.82, 2.24) is 4.90 Å². The lowest BCUT2D eigenvalue weighted by Gasteiger charge is -2.18. The van der Waals surface area contributed by atoms with Crippen LogP contribution >= 0.6 is 0 Å². The molecule has 1 aliphatic rings. The van der Waals surface area contributed by atoms with E-state index >= 15 is 0 Å². The normalized spacial score (nSPS) is 12.4. The van der Waals surface area contributed by atoms with Crippen molar-refractivity contribution in [2.75, 3.05) is 13.8 Å². The molecule has 4 rings (SSSR count). The van der Waals surface area contributed by atoms with Crippen LogP contribution in [0.1, 0.15) is 15.9 Å². The summed E-state index contributed by atoms with van der Waals surface area (Å²) in [7, 11) is 1.81. The molecule has 0 spiro atoms. The minimum atomic E-state index is -0.0403. The average Bonchev–Trinajstić information content (AvgIpc) is 3.08.